The van der Waals surface area contributed by atoms with E-state index in [1.54, 1.807) is 68.6 Å². The average Bonchev–Trinajstić information content (AvgIpc) is 3.60. The Kier molecular flexibility index (Phi) is 9.89. The maximum atomic E-state index is 14.9. The van der Waals surface area contributed by atoms with Gasteiger partial charge in [-0.1, -0.05) is 93.6 Å². The van der Waals surface area contributed by atoms with Crippen molar-refractivity contribution >= 4 is 39.4 Å². The van der Waals surface area contributed by atoms with Crippen LogP contribution < -0.4 is 16.1 Å². The molecule has 0 aliphatic heterocycles. The first-order valence-electron chi connectivity index (χ1n) is 15.8. The molecule has 2 amide bonds. The van der Waals surface area contributed by atoms with Crippen LogP contribution in [0.25, 0.3) is 33.1 Å². The number of hydrogen-bond donors (Lipinski definition) is 4. The van der Waals surface area contributed by atoms with Crippen LogP contribution in [-0.2, 0) is 10.3 Å². The first kappa shape index (κ1) is 34.4. The van der Waals surface area contributed by atoms with Crippen molar-refractivity contribution in [2.75, 3.05) is 6.54 Å². The number of hydrogen-bond acceptors (Lipinski definition) is 5. The number of carbonyl (C=O) groups excluding carboxylic acids is 3. The second kappa shape index (κ2) is 14.1. The molecule has 0 aliphatic rings. The highest BCUT2D eigenvalue weighted by molar-refractivity contribution is 6.01. The first-order chi connectivity index (χ1) is 23.2. The number of H-pyrrole nitrogens is 2. The van der Waals surface area contributed by atoms with E-state index in [9.17, 15) is 23.6 Å². The maximum Gasteiger partial charge on any atom is 0.255 e. The van der Waals surface area contributed by atoms with Gasteiger partial charge in [-0.25, -0.2) is 9.37 Å². The lowest BCUT2D eigenvalue weighted by molar-refractivity contribution is -0.128. The zero-order chi connectivity index (χ0) is 35.3. The van der Waals surface area contributed by atoms with Crippen LogP contribution >= 0.6 is 0 Å². The molecule has 250 valence electrons. The minimum atomic E-state index is -0.900. The molecule has 0 saturated heterocycles. The molecule has 0 bridgehead atoms. The number of pyridine rings is 1. The van der Waals surface area contributed by atoms with Crippen LogP contribution in [0, 0.1) is 11.2 Å². The summed E-state index contributed by atoms with van der Waals surface area (Å²) in [5.74, 6) is -1.02. The van der Waals surface area contributed by atoms with Crippen molar-refractivity contribution in [3.63, 3.8) is 0 Å². The Morgan fingerprint density at radius 3 is 2.08 bits per heavy atom. The third-order valence-electron chi connectivity index (χ3n) is 7.90. The van der Waals surface area contributed by atoms with Crippen molar-refractivity contribution in [2.24, 2.45) is 5.41 Å². The summed E-state index contributed by atoms with van der Waals surface area (Å²) in [6.07, 6.45) is 1.70. The summed E-state index contributed by atoms with van der Waals surface area (Å²) in [6.45, 7) is 9.07. The van der Waals surface area contributed by atoms with Gasteiger partial charge < -0.3 is 20.6 Å². The van der Waals surface area contributed by atoms with Gasteiger partial charge in [-0.3, -0.25) is 19.2 Å². The van der Waals surface area contributed by atoms with E-state index in [2.05, 4.69) is 25.6 Å². The summed E-state index contributed by atoms with van der Waals surface area (Å²) >= 11 is 0. The summed E-state index contributed by atoms with van der Waals surface area (Å²) in [5, 5.41) is 6.14. The molecule has 0 aliphatic carbocycles. The fourth-order valence-corrected chi connectivity index (χ4v) is 5.08. The number of imidazole rings is 1. The molecule has 6 rings (SSSR count). The third kappa shape index (κ3) is 7.98. The number of aromatic nitrogens is 3. The number of rotatable bonds is 7. The lowest BCUT2D eigenvalue weighted by Gasteiger charge is -2.24. The second-order valence-corrected chi connectivity index (χ2v) is 13.2. The number of benzene rings is 4. The van der Waals surface area contributed by atoms with E-state index in [1.807, 2.05) is 57.2 Å². The van der Waals surface area contributed by atoms with Gasteiger partial charge in [0, 0.05) is 27.3 Å². The highest BCUT2D eigenvalue weighted by Gasteiger charge is 2.28. The van der Waals surface area contributed by atoms with E-state index < -0.39 is 22.7 Å². The molecule has 0 saturated carbocycles. The smallest absolute Gasteiger partial charge is 0.255 e. The molecule has 0 radical (unpaired) electrons. The van der Waals surface area contributed by atoms with Crippen LogP contribution in [0.3, 0.4) is 0 Å². The predicted octanol–water partition coefficient (Wildman–Crippen LogP) is 6.91. The van der Waals surface area contributed by atoms with Gasteiger partial charge in [-0.05, 0) is 43.7 Å². The second-order valence-electron chi connectivity index (χ2n) is 13.2. The van der Waals surface area contributed by atoms with Crippen molar-refractivity contribution < 1.29 is 18.8 Å². The summed E-state index contributed by atoms with van der Waals surface area (Å²) < 4.78 is 14.9. The van der Waals surface area contributed by atoms with E-state index in [4.69, 9.17) is 0 Å². The topological polar surface area (TPSA) is 137 Å². The number of fused-ring (bicyclic) bond motifs is 2. The van der Waals surface area contributed by atoms with Crippen LogP contribution in [0.15, 0.2) is 108 Å². The minimum Gasteiger partial charge on any atom is -0.354 e. The molecular weight excluding hydrogens is 621 g/mol. The lowest BCUT2D eigenvalue weighted by atomic mass is 9.95. The Bertz CT molecular complexity index is 2200. The Hall–Kier alpha value is -5.90. The number of Topliss-reactive ketones (excluding diaryl/α,β-unsaturated/α-hetero) is 1. The molecule has 0 unspecified atom stereocenters. The average molecular weight is 660 g/mol. The van der Waals surface area contributed by atoms with Gasteiger partial charge in [-0.2, -0.15) is 0 Å². The van der Waals surface area contributed by atoms with Gasteiger partial charge in [0.05, 0.1) is 35.1 Å². The van der Waals surface area contributed by atoms with Crippen LogP contribution in [0.5, 0.6) is 0 Å². The van der Waals surface area contributed by atoms with E-state index in [1.165, 1.54) is 6.07 Å². The Balaban J connectivity index is 0.000000247. The number of aromatic amines is 2. The zero-order valence-electron chi connectivity index (χ0n) is 28.0. The summed E-state index contributed by atoms with van der Waals surface area (Å²) in [4.78, 5) is 59.8. The van der Waals surface area contributed by atoms with E-state index >= 15 is 0 Å². The Labute approximate surface area is 283 Å². The molecule has 49 heavy (non-hydrogen) atoms. The number of amides is 2. The zero-order valence-corrected chi connectivity index (χ0v) is 28.0. The number of nitrogens with one attached hydrogen (secondary N) is 4. The van der Waals surface area contributed by atoms with Gasteiger partial charge in [0.2, 0.25) is 5.91 Å². The summed E-state index contributed by atoms with van der Waals surface area (Å²) in [6, 6.07) is 28.1. The molecule has 0 fully saturated rings. The van der Waals surface area contributed by atoms with Crippen LogP contribution in [-0.4, -0.2) is 39.1 Å². The van der Waals surface area contributed by atoms with Gasteiger partial charge >= 0.3 is 0 Å². The Morgan fingerprint density at radius 2 is 1.41 bits per heavy atom. The fourth-order valence-electron chi connectivity index (χ4n) is 5.08. The third-order valence-corrected chi connectivity index (χ3v) is 7.90. The monoisotopic (exact) mass is 659 g/mol. The number of nitrogens with zero attached hydrogens (tertiary/aromatic N) is 1. The number of carbonyl (C=O) groups is 3. The molecule has 2 aromatic heterocycles. The SMILES string of the molecule is CC(C)(C)C(=O)NCC(=O)c1ccccc1.CC(C)(NC(=O)c1cc2[nH]c3ccccc3c(=O)c2cc1F)c1ncc(-c2ccccc2)[nH]1. The van der Waals surface area contributed by atoms with Gasteiger partial charge in [0.15, 0.2) is 11.2 Å². The van der Waals surface area contributed by atoms with Gasteiger partial charge in [0.1, 0.15) is 11.6 Å². The van der Waals surface area contributed by atoms with Crippen molar-refractivity contribution in [3.8, 4) is 11.3 Å². The normalized spacial score (nSPS) is 11.5. The van der Waals surface area contributed by atoms with Crippen molar-refractivity contribution in [2.45, 2.75) is 40.2 Å². The quantitative estimate of drug-likeness (QED) is 0.109. The van der Waals surface area contributed by atoms with Crippen LogP contribution in [0.2, 0.25) is 0 Å². The number of ketones is 1. The predicted molar refractivity (Wildman–Crippen MR) is 190 cm³/mol. The van der Waals surface area contributed by atoms with Crippen molar-refractivity contribution in [3.05, 3.63) is 136 Å². The van der Waals surface area contributed by atoms with Gasteiger partial charge in [-0.15, -0.1) is 0 Å². The van der Waals surface area contributed by atoms with Crippen molar-refractivity contribution in [1.82, 2.24) is 25.6 Å². The summed E-state index contributed by atoms with van der Waals surface area (Å²) in [5.41, 5.74) is 1.62. The molecule has 6 aromatic rings. The highest BCUT2D eigenvalue weighted by Crippen LogP contribution is 2.24. The fraction of sp³-hybridized carbons (Fsp3) is 0.205. The molecule has 2 heterocycles. The van der Waals surface area contributed by atoms with E-state index in [0.29, 0.717) is 27.8 Å². The van der Waals surface area contributed by atoms with E-state index in [0.717, 1.165) is 17.3 Å². The molecule has 10 heteroatoms. The first-order valence-corrected chi connectivity index (χ1v) is 15.8. The number of halogens is 1. The lowest BCUT2D eigenvalue weighted by Crippen LogP contribution is -2.42. The van der Waals surface area contributed by atoms with E-state index in [-0.39, 0.29) is 34.6 Å². The molecule has 4 aromatic carbocycles. The molecule has 4 N–H and O–H groups in total. The highest BCUT2D eigenvalue weighted by atomic mass is 19.1. The largest absolute Gasteiger partial charge is 0.354 e. The van der Waals surface area contributed by atoms with Crippen molar-refractivity contribution in [1.29, 1.82) is 0 Å². The number of para-hydroxylation sites is 1. The maximum absolute atomic E-state index is 14.9. The molecule has 0 spiro atoms. The van der Waals surface area contributed by atoms with Crippen LogP contribution in [0.4, 0.5) is 4.39 Å². The standard InChI is InChI=1S/C26H21FN4O2.C13H17NO2/c1-26(2,25-28-14-22(30-25)15-8-4-3-5-9-15)31-24(33)17-13-21-18(12-19(17)27)23(32)16-10-6-7-11-20(16)29-21;1-13(2,3)12(16)14-9-11(15)10-7-5-4-6-8-10/h3-14H,1-2H3,(H,28,30)(H,29,32)(H,31,33);4-8H,9H2,1-3H3,(H,14,16). The van der Waals surface area contributed by atoms with Gasteiger partial charge in [0.25, 0.3) is 5.91 Å². The van der Waals surface area contributed by atoms with Crippen LogP contribution in [0.1, 0.15) is 61.2 Å². The minimum absolute atomic E-state index is 0.0557. The molecule has 9 nitrogen and oxygen atoms in total. The molecule has 0 atom stereocenters. The Morgan fingerprint density at radius 1 is 0.776 bits per heavy atom. The molecular formula is C39H38FN5O4. The summed E-state index contributed by atoms with van der Waals surface area (Å²) in [7, 11) is 0.